The molecule has 1 unspecified atom stereocenters. The van der Waals surface area contributed by atoms with Crippen LogP contribution in [0.2, 0.25) is 0 Å². The molecule has 0 bridgehead atoms. The molecule has 1 saturated carbocycles. The normalized spacial score (nSPS) is 21.5. The van der Waals surface area contributed by atoms with Crippen LogP contribution in [0.3, 0.4) is 0 Å². The van der Waals surface area contributed by atoms with Crippen LogP contribution in [0.1, 0.15) is 101 Å². The Morgan fingerprint density at radius 1 is 0.662 bits per heavy atom. The minimum Gasteiger partial charge on any atom is -0.453 e. The molecule has 0 radical (unpaired) electrons. The lowest BCUT2D eigenvalue weighted by atomic mass is 9.82. The van der Waals surface area contributed by atoms with Gasteiger partial charge in [0.15, 0.2) is 0 Å². The predicted octanol–water partition coefficient (Wildman–Crippen LogP) is 8.37. The Bertz CT molecular complexity index is 2450. The summed E-state index contributed by atoms with van der Waals surface area (Å²) in [6.45, 7) is 5.25. The number of rotatable bonds is 11. The highest BCUT2D eigenvalue weighted by atomic mass is 19.3. The fraction of sp³-hybridized carbons (Fsp3) is 0.532. The van der Waals surface area contributed by atoms with Gasteiger partial charge in [0.2, 0.25) is 11.8 Å². The minimum atomic E-state index is -3.16. The topological polar surface area (TPSA) is 175 Å². The number of methoxy groups -OCH3 is 2. The van der Waals surface area contributed by atoms with Crippen LogP contribution in [0.4, 0.5) is 27.2 Å². The number of halogens is 4. The van der Waals surface area contributed by atoms with E-state index in [9.17, 15) is 28.0 Å². The zero-order valence-electron chi connectivity index (χ0n) is 37.4. The summed E-state index contributed by atoms with van der Waals surface area (Å²) in [5, 5.41) is 4.99. The van der Waals surface area contributed by atoms with E-state index in [1.165, 1.54) is 25.3 Å². The maximum absolute atomic E-state index is 15.1. The zero-order valence-corrected chi connectivity index (χ0v) is 37.4. The number of hydrogen-bond donors (Lipinski definition) is 4. The van der Waals surface area contributed by atoms with Crippen LogP contribution in [-0.4, -0.2) is 105 Å². The number of nitrogens with one attached hydrogen (secondary N) is 4. The summed E-state index contributed by atoms with van der Waals surface area (Å²) < 4.78 is 69.5. The molecular formula is C47H56F4N8O6. The molecule has 2 aliphatic carbocycles. The molecule has 4 amide bonds. The van der Waals surface area contributed by atoms with Gasteiger partial charge >= 0.3 is 12.2 Å². The van der Waals surface area contributed by atoms with Crippen molar-refractivity contribution < 1.29 is 46.2 Å². The standard InChI is InChI=1S/C47H56F4N8O6/c1-25(2)37(56-43(62)64-5)41(60)58-23-46(48,49)19-35(58)39-52-21-33(54-39)28-11-9-27(10-12-28)29-13-14-30(32-18-45(17-31(29)32)15-7-8-16-45)34-22-53-40(55-34)36-20-47(50,51)24-59(36)42(61)38(26(3)4)57-44(63)65-6/h9-14,21-22,25-26,35-38H,7-8,15-20,23-24H2,1-6H3,(H,52,54)(H,53,55)(H,56,62)(H,57,63)/t35?,36-,37-,38-/m0/s1. The van der Waals surface area contributed by atoms with Crippen LogP contribution < -0.4 is 10.6 Å². The molecule has 1 spiro atoms. The number of fused-ring (bicyclic) bond motifs is 1. The lowest BCUT2D eigenvalue weighted by Crippen LogP contribution is -2.51. The highest BCUT2D eigenvalue weighted by Gasteiger charge is 2.52. The van der Waals surface area contributed by atoms with Gasteiger partial charge in [-0.1, -0.05) is 76.9 Å². The maximum atomic E-state index is 15.1. The van der Waals surface area contributed by atoms with Crippen LogP contribution in [-0.2, 0) is 31.9 Å². The van der Waals surface area contributed by atoms with Gasteiger partial charge in [0.25, 0.3) is 11.8 Å². The van der Waals surface area contributed by atoms with Crippen molar-refractivity contribution >= 4 is 24.0 Å². The first kappa shape index (κ1) is 45.6. The minimum absolute atomic E-state index is 0.106. The Hall–Kier alpha value is -5.94. The summed E-state index contributed by atoms with van der Waals surface area (Å²) in [6.07, 6.45) is 6.52. The first-order valence-corrected chi connectivity index (χ1v) is 22.2. The smallest absolute Gasteiger partial charge is 0.407 e. The average molecular weight is 905 g/mol. The van der Waals surface area contributed by atoms with E-state index in [-0.39, 0.29) is 17.1 Å². The quantitative estimate of drug-likeness (QED) is 0.109. The summed E-state index contributed by atoms with van der Waals surface area (Å²) in [6, 6.07) is 7.76. The molecule has 14 nitrogen and oxygen atoms in total. The van der Waals surface area contributed by atoms with Crippen molar-refractivity contribution in [3.8, 4) is 33.6 Å². The Morgan fingerprint density at radius 2 is 1.09 bits per heavy atom. The lowest BCUT2D eigenvalue weighted by molar-refractivity contribution is -0.137. The number of imidazole rings is 2. The number of hydrogen-bond acceptors (Lipinski definition) is 8. The van der Waals surface area contributed by atoms with Crippen LogP contribution in [0.25, 0.3) is 33.6 Å². The number of nitrogens with zero attached hydrogens (tertiary/aromatic N) is 4. The number of H-pyrrole nitrogens is 2. The SMILES string of the molecule is COC(=O)N[C@H](C(=O)N1CC(F)(F)CC1c1ncc(-c2ccc(-c3ccc(-c4cnc([C@@H]5CC(F)(F)CN5C(=O)[C@@H](NC(=O)OC)C(C)C)[nH]4)c4c3CC3(CCCC3)C4)cc2)[nH]1)C(C)C. The highest BCUT2D eigenvalue weighted by Crippen LogP contribution is 2.53. The summed E-state index contributed by atoms with van der Waals surface area (Å²) in [7, 11) is 2.34. The van der Waals surface area contributed by atoms with Crippen LogP contribution >= 0.6 is 0 Å². The van der Waals surface area contributed by atoms with E-state index in [0.29, 0.717) is 11.4 Å². The second-order valence-corrected chi connectivity index (χ2v) is 18.9. The number of benzene rings is 2. The molecule has 2 aromatic heterocycles. The molecule has 65 heavy (non-hydrogen) atoms. The summed E-state index contributed by atoms with van der Waals surface area (Å²) >= 11 is 0. The van der Waals surface area contributed by atoms with E-state index in [4.69, 9.17) is 4.74 Å². The monoisotopic (exact) mass is 904 g/mol. The molecule has 2 aliphatic heterocycles. The second-order valence-electron chi connectivity index (χ2n) is 18.9. The molecular weight excluding hydrogens is 849 g/mol. The number of carbonyl (C=O) groups excluding carboxylic acids is 4. The summed E-state index contributed by atoms with van der Waals surface area (Å²) in [5.74, 6) is -7.94. The molecule has 2 saturated heterocycles. The Balaban J connectivity index is 1.06. The van der Waals surface area contributed by atoms with Gasteiger partial charge in [0, 0.05) is 18.4 Å². The molecule has 18 heteroatoms. The van der Waals surface area contributed by atoms with Gasteiger partial charge in [-0.05, 0) is 70.8 Å². The van der Waals surface area contributed by atoms with E-state index in [0.717, 1.165) is 70.6 Å². The number of carbonyl (C=O) groups is 4. The highest BCUT2D eigenvalue weighted by molar-refractivity contribution is 5.87. The van der Waals surface area contributed by atoms with Crippen molar-refractivity contribution in [1.29, 1.82) is 0 Å². The van der Waals surface area contributed by atoms with E-state index < -0.39 is 97.8 Å². The molecule has 4 atom stereocenters. The molecule has 4 aromatic rings. The Morgan fingerprint density at radius 3 is 1.57 bits per heavy atom. The average Bonchev–Trinajstić information content (AvgIpc) is 4.14. The Kier molecular flexibility index (Phi) is 12.3. The van der Waals surface area contributed by atoms with Crippen molar-refractivity contribution in [2.75, 3.05) is 27.3 Å². The Labute approximate surface area is 374 Å². The molecule has 348 valence electrons. The van der Waals surface area contributed by atoms with Gasteiger partial charge < -0.3 is 39.9 Å². The van der Waals surface area contributed by atoms with Gasteiger partial charge in [-0.25, -0.2) is 37.1 Å². The molecule has 4 aliphatic rings. The van der Waals surface area contributed by atoms with Crippen LogP contribution in [0, 0.1) is 17.3 Å². The summed E-state index contributed by atoms with van der Waals surface area (Å²) in [5.41, 5.74) is 7.47. The number of aromatic amines is 2. The molecule has 4 heterocycles. The van der Waals surface area contributed by atoms with Crippen LogP contribution in [0.15, 0.2) is 48.8 Å². The molecule has 3 fully saturated rings. The molecule has 2 aromatic carbocycles. The van der Waals surface area contributed by atoms with Gasteiger partial charge in [0.05, 0.1) is 63.2 Å². The zero-order chi connectivity index (χ0) is 46.6. The first-order valence-electron chi connectivity index (χ1n) is 22.2. The van der Waals surface area contributed by atoms with E-state index in [2.05, 4.69) is 41.4 Å². The van der Waals surface area contributed by atoms with Gasteiger partial charge in [-0.2, -0.15) is 0 Å². The third kappa shape index (κ3) is 9.04. The second kappa shape index (κ2) is 17.5. The van der Waals surface area contributed by atoms with Gasteiger partial charge in [0.1, 0.15) is 23.7 Å². The molecule has 8 rings (SSSR count). The summed E-state index contributed by atoms with van der Waals surface area (Å²) in [4.78, 5) is 69.2. The van der Waals surface area contributed by atoms with Crippen molar-refractivity contribution in [2.45, 2.75) is 115 Å². The van der Waals surface area contributed by atoms with Crippen molar-refractivity contribution in [1.82, 2.24) is 40.4 Å². The van der Waals surface area contributed by atoms with Crippen molar-refractivity contribution in [3.63, 3.8) is 0 Å². The van der Waals surface area contributed by atoms with Crippen molar-refractivity contribution in [3.05, 3.63) is 71.6 Å². The largest absolute Gasteiger partial charge is 0.453 e. The third-order valence-corrected chi connectivity index (χ3v) is 13.7. The van der Waals surface area contributed by atoms with Crippen LogP contribution in [0.5, 0.6) is 0 Å². The number of aromatic nitrogens is 4. The van der Waals surface area contributed by atoms with E-state index in [1.807, 2.05) is 30.3 Å². The number of alkyl halides is 4. The van der Waals surface area contributed by atoms with E-state index >= 15 is 8.78 Å². The fourth-order valence-electron chi connectivity index (χ4n) is 10.4. The van der Waals surface area contributed by atoms with Crippen molar-refractivity contribution in [2.24, 2.45) is 17.3 Å². The number of alkyl carbamates (subject to hydrolysis) is 2. The maximum Gasteiger partial charge on any atom is 0.407 e. The van der Waals surface area contributed by atoms with Gasteiger partial charge in [-0.3, -0.25) is 9.59 Å². The fourth-order valence-corrected chi connectivity index (χ4v) is 10.4. The third-order valence-electron chi connectivity index (χ3n) is 13.7. The first-order chi connectivity index (χ1) is 30.8. The molecule has 4 N–H and O–H groups in total. The number of amides is 4. The van der Waals surface area contributed by atoms with E-state index in [1.54, 1.807) is 40.1 Å². The number of ether oxygens (including phenoxy) is 2. The lowest BCUT2D eigenvalue weighted by Gasteiger charge is -2.29. The number of likely N-dealkylation sites (tertiary alicyclic amines) is 2. The van der Waals surface area contributed by atoms with Gasteiger partial charge in [-0.15, -0.1) is 0 Å². The predicted molar refractivity (Wildman–Crippen MR) is 232 cm³/mol.